The van der Waals surface area contributed by atoms with Gasteiger partial charge in [-0.1, -0.05) is 37.3 Å². The molecule has 0 aliphatic carbocycles. The number of benzene rings is 1. The fraction of sp³-hybridized carbons (Fsp3) is 0.412. The van der Waals surface area contributed by atoms with Crippen molar-refractivity contribution in [2.24, 2.45) is 0 Å². The summed E-state index contributed by atoms with van der Waals surface area (Å²) in [5, 5.41) is 2.35. The summed E-state index contributed by atoms with van der Waals surface area (Å²) >= 11 is 4.90. The molecular formula is C17H23N3O4S. The maximum Gasteiger partial charge on any atom is 0.306 e. The second-order valence-electron chi connectivity index (χ2n) is 5.26. The van der Waals surface area contributed by atoms with E-state index in [0.29, 0.717) is 13.0 Å². The van der Waals surface area contributed by atoms with Crippen molar-refractivity contribution in [3.8, 4) is 0 Å². The molecule has 2 amide bonds. The van der Waals surface area contributed by atoms with Crippen molar-refractivity contribution in [2.75, 3.05) is 6.61 Å². The summed E-state index contributed by atoms with van der Waals surface area (Å²) in [5.74, 6) is -1.10. The van der Waals surface area contributed by atoms with Gasteiger partial charge in [0.2, 0.25) is 11.8 Å². The van der Waals surface area contributed by atoms with Gasteiger partial charge in [0.05, 0.1) is 13.0 Å². The number of ether oxygens (including phenoxy) is 1. The summed E-state index contributed by atoms with van der Waals surface area (Å²) in [6.07, 6.45) is 1.57. The lowest BCUT2D eigenvalue weighted by Crippen LogP contribution is -2.48. The highest BCUT2D eigenvalue weighted by atomic mass is 32.1. The minimum Gasteiger partial charge on any atom is -0.466 e. The van der Waals surface area contributed by atoms with Gasteiger partial charge < -0.3 is 10.1 Å². The van der Waals surface area contributed by atoms with Gasteiger partial charge >= 0.3 is 5.97 Å². The lowest BCUT2D eigenvalue weighted by Gasteiger charge is -2.10. The highest BCUT2D eigenvalue weighted by molar-refractivity contribution is 7.80. The first-order chi connectivity index (χ1) is 12.0. The monoisotopic (exact) mass is 365 g/mol. The minimum absolute atomic E-state index is 0.0160. The van der Waals surface area contributed by atoms with Gasteiger partial charge in [-0.3, -0.25) is 25.2 Å². The molecule has 0 saturated carbocycles. The lowest BCUT2D eigenvalue weighted by atomic mass is 10.1. The predicted molar refractivity (Wildman–Crippen MR) is 97.3 cm³/mol. The van der Waals surface area contributed by atoms with E-state index in [-0.39, 0.29) is 30.3 Å². The average molecular weight is 365 g/mol. The number of carbonyl (C=O) groups is 3. The summed E-state index contributed by atoms with van der Waals surface area (Å²) in [6.45, 7) is 2.23. The Hall–Kier alpha value is -2.48. The minimum atomic E-state index is -0.426. The van der Waals surface area contributed by atoms with Crippen LogP contribution >= 0.6 is 12.2 Å². The predicted octanol–water partition coefficient (Wildman–Crippen LogP) is 1.37. The molecule has 0 heterocycles. The van der Waals surface area contributed by atoms with Crippen LogP contribution in [0, 0.1) is 0 Å². The second-order valence-corrected chi connectivity index (χ2v) is 5.66. The molecule has 0 saturated heterocycles. The number of rotatable bonds is 8. The van der Waals surface area contributed by atoms with E-state index in [1.165, 1.54) is 0 Å². The highest BCUT2D eigenvalue weighted by Gasteiger charge is 2.10. The molecule has 0 atom stereocenters. The van der Waals surface area contributed by atoms with Crippen molar-refractivity contribution in [3.05, 3.63) is 35.9 Å². The van der Waals surface area contributed by atoms with Gasteiger partial charge in [0, 0.05) is 12.8 Å². The smallest absolute Gasteiger partial charge is 0.306 e. The van der Waals surface area contributed by atoms with Crippen LogP contribution in [0.5, 0.6) is 0 Å². The van der Waals surface area contributed by atoms with Crippen molar-refractivity contribution >= 4 is 35.1 Å². The molecule has 3 N–H and O–H groups in total. The molecule has 7 nitrogen and oxygen atoms in total. The summed E-state index contributed by atoms with van der Waals surface area (Å²) in [7, 11) is 0. The van der Waals surface area contributed by atoms with E-state index >= 15 is 0 Å². The molecule has 136 valence electrons. The number of thiocarbonyl (C=S) groups is 1. The van der Waals surface area contributed by atoms with E-state index < -0.39 is 11.9 Å². The standard InChI is InChI=1S/C17H23N3O4S/c1-2-12-24-16(23)11-10-14(21)18-17(25)20-19-15(22)9-8-13-6-4-3-5-7-13/h3-7H,2,8-12H2,1H3,(H,19,22)(H2,18,20,21,25). The van der Waals surface area contributed by atoms with E-state index in [1.807, 2.05) is 37.3 Å². The Morgan fingerprint density at radius 3 is 2.40 bits per heavy atom. The normalized spacial score (nSPS) is 9.80. The van der Waals surface area contributed by atoms with Crippen molar-refractivity contribution < 1.29 is 19.1 Å². The molecule has 0 spiro atoms. The molecule has 0 radical (unpaired) electrons. The van der Waals surface area contributed by atoms with Crippen LogP contribution in [0.3, 0.4) is 0 Å². The van der Waals surface area contributed by atoms with Crippen LogP contribution in [0.25, 0.3) is 0 Å². The van der Waals surface area contributed by atoms with Gasteiger partial charge in [-0.15, -0.1) is 0 Å². The second kappa shape index (κ2) is 12.0. The molecule has 1 aromatic rings. The molecule has 25 heavy (non-hydrogen) atoms. The van der Waals surface area contributed by atoms with Crippen molar-refractivity contribution in [2.45, 2.75) is 39.0 Å². The SMILES string of the molecule is CCCOC(=O)CCC(=O)NC(=S)NNC(=O)CCc1ccccc1. The Kier molecular flexibility index (Phi) is 9.84. The third kappa shape index (κ3) is 10.1. The lowest BCUT2D eigenvalue weighted by molar-refractivity contribution is -0.144. The van der Waals surface area contributed by atoms with E-state index in [1.54, 1.807) is 0 Å². The average Bonchev–Trinajstić information content (AvgIpc) is 2.62. The summed E-state index contributed by atoms with van der Waals surface area (Å²) in [6, 6.07) is 9.62. The number of hydrogen-bond acceptors (Lipinski definition) is 5. The number of hydrazine groups is 1. The zero-order chi connectivity index (χ0) is 18.5. The Bertz CT molecular complexity index is 593. The van der Waals surface area contributed by atoms with Crippen molar-refractivity contribution in [1.29, 1.82) is 0 Å². The largest absolute Gasteiger partial charge is 0.466 e. The van der Waals surface area contributed by atoms with Gasteiger partial charge in [-0.2, -0.15) is 0 Å². The molecule has 0 unspecified atom stereocenters. The maximum atomic E-state index is 11.7. The van der Waals surface area contributed by atoms with Crippen LogP contribution in [-0.4, -0.2) is 29.5 Å². The van der Waals surface area contributed by atoms with E-state index in [9.17, 15) is 14.4 Å². The molecule has 8 heteroatoms. The first-order valence-corrected chi connectivity index (χ1v) is 8.50. The molecule has 0 aromatic heterocycles. The molecule has 0 aliphatic heterocycles. The fourth-order valence-corrected chi connectivity index (χ4v) is 1.98. The number of carbonyl (C=O) groups excluding carboxylic acids is 3. The number of nitrogens with one attached hydrogen (secondary N) is 3. The maximum absolute atomic E-state index is 11.7. The zero-order valence-corrected chi connectivity index (χ0v) is 15.0. The van der Waals surface area contributed by atoms with Crippen molar-refractivity contribution in [1.82, 2.24) is 16.2 Å². The van der Waals surface area contributed by atoms with E-state index in [0.717, 1.165) is 12.0 Å². The molecule has 0 fully saturated rings. The Morgan fingerprint density at radius 2 is 1.72 bits per heavy atom. The third-order valence-electron chi connectivity index (χ3n) is 3.08. The van der Waals surface area contributed by atoms with Crippen LogP contribution in [0.2, 0.25) is 0 Å². The van der Waals surface area contributed by atoms with E-state index in [4.69, 9.17) is 17.0 Å². The number of esters is 1. The third-order valence-corrected chi connectivity index (χ3v) is 3.28. The summed E-state index contributed by atoms with van der Waals surface area (Å²) in [5.41, 5.74) is 5.93. The van der Waals surface area contributed by atoms with Crippen LogP contribution in [0.4, 0.5) is 0 Å². The van der Waals surface area contributed by atoms with Gasteiger partial charge in [-0.25, -0.2) is 0 Å². The molecular weight excluding hydrogens is 342 g/mol. The summed E-state index contributed by atoms with van der Waals surface area (Å²) in [4.78, 5) is 34.6. The Labute approximate surface area is 152 Å². The molecule has 1 rings (SSSR count). The number of amides is 2. The number of hydrogen-bond donors (Lipinski definition) is 3. The van der Waals surface area contributed by atoms with Gasteiger partial charge in [0.15, 0.2) is 5.11 Å². The molecule has 0 bridgehead atoms. The van der Waals surface area contributed by atoms with Gasteiger partial charge in [0.25, 0.3) is 0 Å². The molecule has 0 aliphatic rings. The molecule has 1 aromatic carbocycles. The first-order valence-electron chi connectivity index (χ1n) is 8.09. The highest BCUT2D eigenvalue weighted by Crippen LogP contribution is 2.01. The first kappa shape index (κ1) is 20.6. The number of aryl methyl sites for hydroxylation is 1. The Balaban J connectivity index is 2.15. The fourth-order valence-electron chi connectivity index (χ4n) is 1.82. The summed E-state index contributed by atoms with van der Waals surface area (Å²) < 4.78 is 4.86. The topological polar surface area (TPSA) is 96.5 Å². The van der Waals surface area contributed by atoms with Gasteiger partial charge in [-0.05, 0) is 30.6 Å². The van der Waals surface area contributed by atoms with Crippen molar-refractivity contribution in [3.63, 3.8) is 0 Å². The van der Waals surface area contributed by atoms with Crippen LogP contribution in [0.1, 0.15) is 38.2 Å². The van der Waals surface area contributed by atoms with Crippen LogP contribution < -0.4 is 16.2 Å². The van der Waals surface area contributed by atoms with Crippen LogP contribution in [0.15, 0.2) is 30.3 Å². The van der Waals surface area contributed by atoms with Gasteiger partial charge in [0.1, 0.15) is 0 Å². The zero-order valence-electron chi connectivity index (χ0n) is 14.2. The van der Waals surface area contributed by atoms with Crippen LogP contribution in [-0.2, 0) is 25.5 Å². The van der Waals surface area contributed by atoms with E-state index in [2.05, 4.69) is 16.2 Å². The quantitative estimate of drug-likeness (QED) is 0.366. The Morgan fingerprint density at radius 1 is 1.00 bits per heavy atom.